The van der Waals surface area contributed by atoms with Crippen LogP contribution in [0, 0.1) is 5.82 Å². The van der Waals surface area contributed by atoms with Gasteiger partial charge in [0.25, 0.3) is 0 Å². The lowest BCUT2D eigenvalue weighted by Gasteiger charge is -2.13. The van der Waals surface area contributed by atoms with E-state index in [-0.39, 0.29) is 11.9 Å². The number of fused-ring (bicyclic) bond motifs is 1. The quantitative estimate of drug-likeness (QED) is 0.762. The normalized spacial score (nSPS) is 19.2. The molecule has 1 heterocycles. The Morgan fingerprint density at radius 1 is 1.56 bits per heavy atom. The van der Waals surface area contributed by atoms with Crippen molar-refractivity contribution in [1.82, 2.24) is 0 Å². The lowest BCUT2D eigenvalue weighted by Crippen LogP contribution is -2.28. The average Bonchev–Trinajstić information content (AvgIpc) is 2.42. The Hall–Kier alpha value is -1.78. The Morgan fingerprint density at radius 2 is 2.38 bits per heavy atom. The summed E-state index contributed by atoms with van der Waals surface area (Å²) < 4.78 is 18.4. The highest BCUT2D eigenvalue weighted by Gasteiger charge is 2.19. The van der Waals surface area contributed by atoms with Gasteiger partial charge in [0.2, 0.25) is 0 Å². The minimum absolute atomic E-state index is 0.232. The highest BCUT2D eigenvalue weighted by Crippen LogP contribution is 2.24. The van der Waals surface area contributed by atoms with Gasteiger partial charge in [0.1, 0.15) is 11.9 Å². The molecular weight excluding hydrogens is 211 g/mol. The van der Waals surface area contributed by atoms with Crippen molar-refractivity contribution in [3.05, 3.63) is 29.6 Å². The van der Waals surface area contributed by atoms with Gasteiger partial charge in [-0.2, -0.15) is 0 Å². The first kappa shape index (κ1) is 10.7. The number of ether oxygens (including phenoxy) is 1. The van der Waals surface area contributed by atoms with E-state index >= 15 is 0 Å². The minimum atomic E-state index is -0.793. The van der Waals surface area contributed by atoms with Crippen LogP contribution in [0.15, 0.2) is 18.2 Å². The highest BCUT2D eigenvalue weighted by molar-refractivity contribution is 5.65. The third kappa shape index (κ3) is 2.24. The van der Waals surface area contributed by atoms with Crippen LogP contribution < -0.4 is 11.1 Å². The Bertz CT molecular complexity index is 409. The van der Waals surface area contributed by atoms with Crippen molar-refractivity contribution in [1.29, 1.82) is 0 Å². The second-order valence-corrected chi connectivity index (χ2v) is 3.74. The number of anilines is 1. The summed E-state index contributed by atoms with van der Waals surface area (Å²) in [5.74, 6) is -0.232. The summed E-state index contributed by atoms with van der Waals surface area (Å²) in [6, 6.07) is 4.89. The van der Waals surface area contributed by atoms with Crippen molar-refractivity contribution in [3.8, 4) is 0 Å². The molecule has 2 rings (SSSR count). The molecule has 1 unspecified atom stereocenters. The van der Waals surface area contributed by atoms with E-state index in [4.69, 9.17) is 10.5 Å². The van der Waals surface area contributed by atoms with E-state index in [9.17, 15) is 9.18 Å². The fraction of sp³-hybridized carbons (Fsp3) is 0.364. The minimum Gasteiger partial charge on any atom is -0.445 e. The molecule has 0 aromatic heterocycles. The smallest absolute Gasteiger partial charge is 0.404 e. The van der Waals surface area contributed by atoms with E-state index in [0.29, 0.717) is 24.9 Å². The number of primary amides is 1. The maximum absolute atomic E-state index is 13.5. The zero-order valence-electron chi connectivity index (χ0n) is 8.70. The van der Waals surface area contributed by atoms with Crippen LogP contribution in [0.5, 0.6) is 0 Å². The SMILES string of the molecule is NC(=O)OC1CCc2c(F)cccc2NC1. The summed E-state index contributed by atoms with van der Waals surface area (Å²) in [5, 5.41) is 3.05. The third-order valence-electron chi connectivity index (χ3n) is 2.64. The number of nitrogens with one attached hydrogen (secondary N) is 1. The van der Waals surface area contributed by atoms with Gasteiger partial charge in [-0.1, -0.05) is 6.07 Å². The van der Waals surface area contributed by atoms with Crippen molar-refractivity contribution < 1.29 is 13.9 Å². The van der Waals surface area contributed by atoms with E-state index in [1.807, 2.05) is 6.07 Å². The number of nitrogens with two attached hydrogens (primary N) is 1. The Kier molecular flexibility index (Phi) is 2.94. The van der Waals surface area contributed by atoms with E-state index in [2.05, 4.69) is 5.32 Å². The molecule has 16 heavy (non-hydrogen) atoms. The van der Waals surface area contributed by atoms with Crippen LogP contribution >= 0.6 is 0 Å². The van der Waals surface area contributed by atoms with Gasteiger partial charge in [0.15, 0.2) is 0 Å². The van der Waals surface area contributed by atoms with Gasteiger partial charge >= 0.3 is 6.09 Å². The number of hydrogen-bond donors (Lipinski definition) is 2. The molecule has 1 aliphatic heterocycles. The maximum Gasteiger partial charge on any atom is 0.404 e. The lowest BCUT2D eigenvalue weighted by molar-refractivity contribution is 0.109. The van der Waals surface area contributed by atoms with Crippen LogP contribution in [0.2, 0.25) is 0 Å². The van der Waals surface area contributed by atoms with Crippen LogP contribution in [-0.2, 0) is 11.2 Å². The summed E-state index contributed by atoms with van der Waals surface area (Å²) in [5.41, 5.74) is 6.34. The first-order valence-electron chi connectivity index (χ1n) is 5.14. The third-order valence-corrected chi connectivity index (χ3v) is 2.64. The fourth-order valence-corrected chi connectivity index (χ4v) is 1.87. The molecule has 0 radical (unpaired) electrons. The summed E-state index contributed by atoms with van der Waals surface area (Å²) in [6.07, 6.45) is 0.0131. The number of rotatable bonds is 1. The van der Waals surface area contributed by atoms with Gasteiger partial charge in [0, 0.05) is 11.3 Å². The van der Waals surface area contributed by atoms with Crippen LogP contribution in [0.3, 0.4) is 0 Å². The van der Waals surface area contributed by atoms with Crippen molar-refractivity contribution >= 4 is 11.8 Å². The first-order valence-corrected chi connectivity index (χ1v) is 5.14. The fourth-order valence-electron chi connectivity index (χ4n) is 1.87. The molecule has 0 bridgehead atoms. The molecule has 5 heteroatoms. The molecular formula is C11H13FN2O2. The molecule has 1 amide bonds. The predicted octanol–water partition coefficient (Wildman–Crippen LogP) is 1.65. The Morgan fingerprint density at radius 3 is 3.12 bits per heavy atom. The van der Waals surface area contributed by atoms with E-state index < -0.39 is 6.09 Å². The molecule has 0 aliphatic carbocycles. The van der Waals surface area contributed by atoms with Crippen molar-refractivity contribution in [3.63, 3.8) is 0 Å². The Balaban J connectivity index is 2.13. The average molecular weight is 224 g/mol. The van der Waals surface area contributed by atoms with Crippen molar-refractivity contribution in [2.24, 2.45) is 5.73 Å². The van der Waals surface area contributed by atoms with E-state index in [0.717, 1.165) is 5.69 Å². The standard InChI is InChI=1S/C11H13FN2O2/c12-9-2-1-3-10-8(9)5-4-7(6-14-10)16-11(13)15/h1-3,7,14H,4-6H2,(H2,13,15). The van der Waals surface area contributed by atoms with Gasteiger partial charge < -0.3 is 15.8 Å². The van der Waals surface area contributed by atoms with Gasteiger partial charge in [0.05, 0.1) is 6.54 Å². The zero-order chi connectivity index (χ0) is 11.5. The monoisotopic (exact) mass is 224 g/mol. The maximum atomic E-state index is 13.5. The van der Waals surface area contributed by atoms with Crippen LogP contribution in [0.4, 0.5) is 14.9 Å². The van der Waals surface area contributed by atoms with Crippen molar-refractivity contribution in [2.45, 2.75) is 18.9 Å². The zero-order valence-corrected chi connectivity index (χ0v) is 8.70. The molecule has 1 aliphatic rings. The van der Waals surface area contributed by atoms with Crippen LogP contribution in [-0.4, -0.2) is 18.7 Å². The number of amides is 1. The number of carbonyl (C=O) groups is 1. The van der Waals surface area contributed by atoms with E-state index in [1.54, 1.807) is 6.07 Å². The number of hydrogen-bond acceptors (Lipinski definition) is 3. The summed E-state index contributed by atoms with van der Waals surface area (Å²) in [6.45, 7) is 0.458. The molecule has 0 saturated carbocycles. The van der Waals surface area contributed by atoms with Gasteiger partial charge in [-0.05, 0) is 25.0 Å². The second kappa shape index (κ2) is 4.38. The van der Waals surface area contributed by atoms with Crippen LogP contribution in [0.25, 0.3) is 0 Å². The number of halogens is 1. The molecule has 4 nitrogen and oxygen atoms in total. The van der Waals surface area contributed by atoms with E-state index in [1.165, 1.54) is 6.07 Å². The van der Waals surface area contributed by atoms with Crippen LogP contribution in [0.1, 0.15) is 12.0 Å². The summed E-state index contributed by atoms with van der Waals surface area (Å²) >= 11 is 0. The molecule has 0 spiro atoms. The predicted molar refractivity (Wildman–Crippen MR) is 57.7 cm³/mol. The van der Waals surface area contributed by atoms with Crippen molar-refractivity contribution in [2.75, 3.05) is 11.9 Å². The second-order valence-electron chi connectivity index (χ2n) is 3.74. The first-order chi connectivity index (χ1) is 7.66. The molecule has 86 valence electrons. The lowest BCUT2D eigenvalue weighted by atomic mass is 10.1. The molecule has 1 aromatic rings. The Labute approximate surface area is 92.6 Å². The van der Waals surface area contributed by atoms with Gasteiger partial charge in [-0.3, -0.25) is 0 Å². The molecule has 3 N–H and O–H groups in total. The number of benzene rings is 1. The topological polar surface area (TPSA) is 64.4 Å². The molecule has 0 saturated heterocycles. The van der Waals surface area contributed by atoms with Gasteiger partial charge in [-0.15, -0.1) is 0 Å². The molecule has 0 fully saturated rings. The largest absolute Gasteiger partial charge is 0.445 e. The summed E-state index contributed by atoms with van der Waals surface area (Å²) in [4.78, 5) is 10.6. The van der Waals surface area contributed by atoms with Gasteiger partial charge in [-0.25, -0.2) is 9.18 Å². The highest BCUT2D eigenvalue weighted by atomic mass is 19.1. The summed E-state index contributed by atoms with van der Waals surface area (Å²) in [7, 11) is 0. The molecule has 1 atom stereocenters. The molecule has 1 aromatic carbocycles. The number of carbonyl (C=O) groups excluding carboxylic acids is 1.